The van der Waals surface area contributed by atoms with E-state index in [4.69, 9.17) is 28.9 Å². The third kappa shape index (κ3) is 4.61. The van der Waals surface area contributed by atoms with Crippen LogP contribution in [0.1, 0.15) is 34.1 Å². The highest BCUT2D eigenvalue weighted by Crippen LogP contribution is 2.76. The van der Waals surface area contributed by atoms with Gasteiger partial charge in [-0.15, -0.1) is 0 Å². The van der Waals surface area contributed by atoms with Crippen molar-refractivity contribution in [3.8, 4) is 0 Å². The van der Waals surface area contributed by atoms with Gasteiger partial charge in [-0.1, -0.05) is 0 Å². The number of nitrogens with two attached hydrogens (primary N) is 1. The molecule has 0 fully saturated rings. The standard InChI is InChI=1S/C11H25NO8P2/c1-5-17-21(15,18-6-2)11(12,9-10(13)14)22(16,19-7-3)20-8-4/h5-9,12H2,1-4H3,(H,13,14). The lowest BCUT2D eigenvalue weighted by Crippen LogP contribution is -2.44. The average Bonchev–Trinajstić information content (AvgIpc) is 2.38. The number of aliphatic carboxylic acids is 1. The van der Waals surface area contributed by atoms with Crippen LogP contribution in [-0.4, -0.2) is 42.5 Å². The number of hydrogen-bond donors (Lipinski definition) is 2. The summed E-state index contributed by atoms with van der Waals surface area (Å²) in [6.45, 7) is 5.81. The van der Waals surface area contributed by atoms with E-state index in [1.807, 2.05) is 0 Å². The smallest absolute Gasteiger partial charge is 0.363 e. The van der Waals surface area contributed by atoms with Gasteiger partial charge in [-0.3, -0.25) is 13.9 Å². The Kier molecular flexibility index (Phi) is 9.02. The first-order valence-corrected chi connectivity index (χ1v) is 10.0. The number of carbonyl (C=O) groups is 1. The Morgan fingerprint density at radius 3 is 1.36 bits per heavy atom. The minimum atomic E-state index is -4.29. The van der Waals surface area contributed by atoms with Gasteiger partial charge in [0.25, 0.3) is 0 Å². The number of carboxylic acids is 1. The predicted molar refractivity (Wildman–Crippen MR) is 80.9 cm³/mol. The Morgan fingerprint density at radius 2 is 1.18 bits per heavy atom. The van der Waals surface area contributed by atoms with Gasteiger partial charge in [-0.25, -0.2) is 0 Å². The fraction of sp³-hybridized carbons (Fsp3) is 0.909. The highest BCUT2D eigenvalue weighted by molar-refractivity contribution is 7.74. The normalized spacial score (nSPS) is 13.3. The highest BCUT2D eigenvalue weighted by atomic mass is 31.2. The maximum atomic E-state index is 13.0. The molecule has 0 unspecified atom stereocenters. The van der Waals surface area contributed by atoms with Crippen molar-refractivity contribution < 1.29 is 37.1 Å². The first-order valence-electron chi connectivity index (χ1n) is 6.95. The topological polar surface area (TPSA) is 134 Å². The quantitative estimate of drug-likeness (QED) is 0.503. The van der Waals surface area contributed by atoms with E-state index >= 15 is 0 Å². The van der Waals surface area contributed by atoms with Crippen molar-refractivity contribution in [1.29, 1.82) is 0 Å². The number of carboxylic acid groups (broad SMARTS) is 1. The van der Waals surface area contributed by atoms with Crippen LogP contribution in [0.2, 0.25) is 0 Å². The minimum absolute atomic E-state index is 0.0753. The van der Waals surface area contributed by atoms with Gasteiger partial charge < -0.3 is 28.9 Å². The lowest BCUT2D eigenvalue weighted by atomic mass is 10.4. The molecule has 0 aromatic heterocycles. The zero-order valence-corrected chi connectivity index (χ0v) is 15.1. The summed E-state index contributed by atoms with van der Waals surface area (Å²) >= 11 is 0. The number of hydrogen-bond acceptors (Lipinski definition) is 8. The molecule has 132 valence electrons. The van der Waals surface area contributed by atoms with E-state index in [-0.39, 0.29) is 26.4 Å². The average molecular weight is 361 g/mol. The molecule has 3 N–H and O–H groups in total. The van der Waals surface area contributed by atoms with Crippen molar-refractivity contribution in [1.82, 2.24) is 0 Å². The van der Waals surface area contributed by atoms with Crippen LogP contribution < -0.4 is 5.73 Å². The summed E-state index contributed by atoms with van der Waals surface area (Å²) in [5.74, 6) is -1.43. The summed E-state index contributed by atoms with van der Waals surface area (Å²) in [7, 11) is -8.58. The van der Waals surface area contributed by atoms with E-state index in [0.717, 1.165) is 0 Å². The molecule has 0 atom stereocenters. The maximum absolute atomic E-state index is 13.0. The lowest BCUT2D eigenvalue weighted by molar-refractivity contribution is -0.137. The molecule has 0 saturated carbocycles. The van der Waals surface area contributed by atoms with Crippen LogP contribution in [0.3, 0.4) is 0 Å². The third-order valence-electron chi connectivity index (χ3n) is 2.56. The predicted octanol–water partition coefficient (Wildman–Crippen LogP) is 2.61. The largest absolute Gasteiger partial charge is 0.481 e. The Balaban J connectivity index is 6.15. The molecule has 0 aliphatic heterocycles. The van der Waals surface area contributed by atoms with Crippen LogP contribution in [0, 0.1) is 0 Å². The lowest BCUT2D eigenvalue weighted by Gasteiger charge is -2.38. The van der Waals surface area contributed by atoms with Crippen molar-refractivity contribution in [2.24, 2.45) is 5.73 Å². The molecule has 0 bridgehead atoms. The molecule has 22 heavy (non-hydrogen) atoms. The molecule has 0 rings (SSSR count). The van der Waals surface area contributed by atoms with Crippen molar-refractivity contribution in [2.45, 2.75) is 39.1 Å². The Morgan fingerprint density at radius 1 is 0.909 bits per heavy atom. The number of rotatable bonds is 12. The van der Waals surface area contributed by atoms with Crippen LogP contribution in [-0.2, 0) is 32.0 Å². The molecule has 0 aliphatic rings. The highest BCUT2D eigenvalue weighted by Gasteiger charge is 2.64. The molecular formula is C11H25NO8P2. The van der Waals surface area contributed by atoms with Crippen molar-refractivity contribution in [3.63, 3.8) is 0 Å². The summed E-state index contributed by atoms with van der Waals surface area (Å²) in [6.07, 6.45) is -0.957. The van der Waals surface area contributed by atoms with Crippen LogP contribution in [0.25, 0.3) is 0 Å². The summed E-state index contributed by atoms with van der Waals surface area (Å²) in [5, 5.41) is 6.66. The maximum Gasteiger partial charge on any atom is 0.363 e. The summed E-state index contributed by atoms with van der Waals surface area (Å²) < 4.78 is 46.4. The zero-order chi connectivity index (χ0) is 17.4. The monoisotopic (exact) mass is 361 g/mol. The molecule has 0 aromatic carbocycles. The molecule has 0 spiro atoms. The first kappa shape index (κ1) is 21.7. The van der Waals surface area contributed by atoms with E-state index in [9.17, 15) is 13.9 Å². The minimum Gasteiger partial charge on any atom is -0.481 e. The van der Waals surface area contributed by atoms with Crippen molar-refractivity contribution >= 4 is 21.2 Å². The van der Waals surface area contributed by atoms with E-state index in [1.54, 1.807) is 0 Å². The van der Waals surface area contributed by atoms with Gasteiger partial charge in [0, 0.05) is 0 Å². The fourth-order valence-electron chi connectivity index (χ4n) is 1.77. The molecule has 0 radical (unpaired) electrons. The molecule has 11 heteroatoms. The van der Waals surface area contributed by atoms with Gasteiger partial charge in [-0.05, 0) is 27.7 Å². The summed E-state index contributed by atoms with van der Waals surface area (Å²) in [6, 6.07) is 0. The first-order chi connectivity index (χ1) is 10.2. The van der Waals surface area contributed by atoms with E-state index in [1.165, 1.54) is 27.7 Å². The SMILES string of the molecule is CCOP(=O)(OCC)C(N)(CC(=O)O)P(=O)(OCC)OCC. The molecule has 0 aliphatic carbocycles. The summed E-state index contributed by atoms with van der Waals surface area (Å²) in [5.41, 5.74) is 5.99. The van der Waals surface area contributed by atoms with E-state index < -0.39 is 32.6 Å². The van der Waals surface area contributed by atoms with Crippen LogP contribution in [0.4, 0.5) is 0 Å². The summed E-state index contributed by atoms with van der Waals surface area (Å²) in [4.78, 5) is 11.2. The molecule has 0 aromatic rings. The van der Waals surface area contributed by atoms with Crippen molar-refractivity contribution in [3.05, 3.63) is 0 Å². The second kappa shape index (κ2) is 9.13. The van der Waals surface area contributed by atoms with Crippen molar-refractivity contribution in [2.75, 3.05) is 26.4 Å². The van der Waals surface area contributed by atoms with E-state index in [0.29, 0.717) is 0 Å². The molecule has 0 saturated heterocycles. The third-order valence-corrected chi connectivity index (χ3v) is 8.63. The Bertz CT molecular complexity index is 405. The Labute approximate surface area is 130 Å². The van der Waals surface area contributed by atoms with Gasteiger partial charge in [0.15, 0.2) is 0 Å². The molecular weight excluding hydrogens is 336 g/mol. The zero-order valence-electron chi connectivity index (χ0n) is 13.3. The fourth-order valence-corrected chi connectivity index (χ4v) is 6.72. The van der Waals surface area contributed by atoms with Gasteiger partial charge in [0.1, 0.15) is 0 Å². The van der Waals surface area contributed by atoms with Crippen LogP contribution >= 0.6 is 15.2 Å². The second-order valence-corrected chi connectivity index (χ2v) is 9.09. The van der Waals surface area contributed by atoms with Gasteiger partial charge in [0.2, 0.25) is 5.02 Å². The Hall–Kier alpha value is -0.270. The molecule has 0 amide bonds. The van der Waals surface area contributed by atoms with Gasteiger partial charge in [0.05, 0.1) is 32.8 Å². The van der Waals surface area contributed by atoms with E-state index in [2.05, 4.69) is 0 Å². The van der Waals surface area contributed by atoms with Crippen LogP contribution in [0.5, 0.6) is 0 Å². The molecule has 9 nitrogen and oxygen atoms in total. The van der Waals surface area contributed by atoms with Gasteiger partial charge in [-0.2, -0.15) is 0 Å². The van der Waals surface area contributed by atoms with Gasteiger partial charge >= 0.3 is 21.2 Å². The molecule has 0 heterocycles. The second-order valence-electron chi connectivity index (χ2n) is 4.12. The van der Waals surface area contributed by atoms with Crippen LogP contribution in [0.15, 0.2) is 0 Å².